The molecule has 3 nitrogen and oxygen atoms in total. The van der Waals surface area contributed by atoms with Crippen LogP contribution in [-0.4, -0.2) is 52.9 Å². The van der Waals surface area contributed by atoms with Gasteiger partial charge in [0.05, 0.1) is 12.2 Å². The third kappa shape index (κ3) is 5.37. The third-order valence-electron chi connectivity index (χ3n) is 9.91. The molecule has 4 fully saturated rings. The van der Waals surface area contributed by atoms with Gasteiger partial charge in [0.15, 0.2) is 0 Å². The number of hydrogen-bond donors (Lipinski definition) is 2. The molecule has 1 saturated heterocycles. The molecule has 4 aliphatic rings. The predicted molar refractivity (Wildman–Crippen MR) is 134 cm³/mol. The van der Waals surface area contributed by atoms with Crippen LogP contribution < -0.4 is 0 Å². The smallest absolute Gasteiger partial charge is 0.249 e. The second-order valence-electron chi connectivity index (χ2n) is 12.2. The minimum absolute atomic E-state index is 0.311. The fraction of sp³-hybridized carbons (Fsp3) is 0.793. The van der Waals surface area contributed by atoms with Crippen molar-refractivity contribution in [2.45, 2.75) is 96.7 Å². The number of halogens is 2. The van der Waals surface area contributed by atoms with E-state index in [4.69, 9.17) is 0 Å². The van der Waals surface area contributed by atoms with Gasteiger partial charge in [-0.3, -0.25) is 0 Å². The first-order chi connectivity index (χ1) is 16.0. The number of hydrogen-bond acceptors (Lipinski definition) is 3. The predicted octanol–water partition coefficient (Wildman–Crippen LogP) is 6.13. The van der Waals surface area contributed by atoms with Crippen LogP contribution in [0.4, 0.5) is 8.78 Å². The highest BCUT2D eigenvalue weighted by atomic mass is 19.3. The molecule has 0 aromatic carbocycles. The number of nitrogens with zero attached hydrogens (tertiary/aromatic N) is 1. The van der Waals surface area contributed by atoms with E-state index in [1.54, 1.807) is 0 Å². The molecule has 34 heavy (non-hydrogen) atoms. The first-order valence-electron chi connectivity index (χ1n) is 13.5. The average molecular weight is 478 g/mol. The summed E-state index contributed by atoms with van der Waals surface area (Å²) in [5.74, 6) is -1.16. The normalized spacial score (nSPS) is 39.5. The van der Waals surface area contributed by atoms with Crippen molar-refractivity contribution in [1.82, 2.24) is 4.90 Å². The van der Waals surface area contributed by atoms with Gasteiger partial charge >= 0.3 is 0 Å². The van der Waals surface area contributed by atoms with E-state index in [9.17, 15) is 19.0 Å². The molecule has 192 valence electrons. The van der Waals surface area contributed by atoms with Crippen molar-refractivity contribution in [3.05, 3.63) is 35.5 Å². The number of aliphatic hydroxyl groups is 2. The summed E-state index contributed by atoms with van der Waals surface area (Å²) < 4.78 is 27.4. The Labute approximate surface area is 205 Å². The first-order valence-corrected chi connectivity index (χ1v) is 13.5. The van der Waals surface area contributed by atoms with E-state index in [-0.39, 0.29) is 0 Å². The first kappa shape index (κ1) is 26.0. The zero-order valence-corrected chi connectivity index (χ0v) is 21.4. The van der Waals surface area contributed by atoms with Crippen molar-refractivity contribution >= 4 is 0 Å². The van der Waals surface area contributed by atoms with Crippen molar-refractivity contribution in [2.75, 3.05) is 19.6 Å². The largest absolute Gasteiger partial charge is 0.388 e. The van der Waals surface area contributed by atoms with Crippen molar-refractivity contribution < 1.29 is 19.0 Å². The van der Waals surface area contributed by atoms with Crippen molar-refractivity contribution in [2.24, 2.45) is 29.1 Å². The van der Waals surface area contributed by atoms with Crippen LogP contribution >= 0.6 is 0 Å². The molecular weight excluding hydrogens is 432 g/mol. The Morgan fingerprint density at radius 3 is 2.53 bits per heavy atom. The maximum atomic E-state index is 13.7. The van der Waals surface area contributed by atoms with Crippen LogP contribution in [0, 0.1) is 29.1 Å². The molecule has 0 bridgehead atoms. The van der Waals surface area contributed by atoms with Crippen molar-refractivity contribution in [3.63, 3.8) is 0 Å². The number of likely N-dealkylation sites (tertiary alicyclic amines) is 1. The number of alkyl halides is 2. The third-order valence-corrected chi connectivity index (χ3v) is 9.91. The zero-order valence-electron chi connectivity index (χ0n) is 21.4. The van der Waals surface area contributed by atoms with Crippen molar-refractivity contribution in [3.8, 4) is 0 Å². The SMILES string of the molecule is C=C1[C@H](O)CC(=C/C=C2\CCC[C@]3(C)[C@@H](C(C)CCN4CC[C@@H](C(C)(F)F)C4)CC[C@@H]23)C[C@H]1O. The molecule has 3 aliphatic carbocycles. The van der Waals surface area contributed by atoms with E-state index in [0.717, 1.165) is 38.4 Å². The van der Waals surface area contributed by atoms with Gasteiger partial charge in [-0.05, 0) is 107 Å². The Hall–Kier alpha value is -1.04. The van der Waals surface area contributed by atoms with Crippen LogP contribution in [-0.2, 0) is 0 Å². The second kappa shape index (κ2) is 10.1. The molecule has 2 N–H and O–H groups in total. The Kier molecular flexibility index (Phi) is 7.77. The summed E-state index contributed by atoms with van der Waals surface area (Å²) in [6.07, 6.45) is 12.1. The van der Waals surface area contributed by atoms with Crippen LogP contribution in [0.2, 0.25) is 0 Å². The van der Waals surface area contributed by atoms with E-state index in [2.05, 4.69) is 37.5 Å². The summed E-state index contributed by atoms with van der Waals surface area (Å²) in [5, 5.41) is 20.3. The highest BCUT2D eigenvalue weighted by Gasteiger charge is 2.50. The molecule has 0 radical (unpaired) electrons. The molecular formula is C29H45F2NO2. The average Bonchev–Trinajstić information content (AvgIpc) is 3.38. The monoisotopic (exact) mass is 477 g/mol. The molecule has 0 aromatic rings. The van der Waals surface area contributed by atoms with Gasteiger partial charge in [0.2, 0.25) is 5.92 Å². The van der Waals surface area contributed by atoms with Gasteiger partial charge in [-0.2, -0.15) is 0 Å². The summed E-state index contributed by atoms with van der Waals surface area (Å²) in [6, 6.07) is 0. The number of aliphatic hydroxyl groups excluding tert-OH is 2. The van der Waals surface area contributed by atoms with Crippen molar-refractivity contribution in [1.29, 1.82) is 0 Å². The molecule has 1 heterocycles. The molecule has 0 spiro atoms. The highest BCUT2D eigenvalue weighted by Crippen LogP contribution is 2.59. The lowest BCUT2D eigenvalue weighted by atomic mass is 9.61. The van der Waals surface area contributed by atoms with Gasteiger partial charge in [0, 0.05) is 12.5 Å². The minimum Gasteiger partial charge on any atom is -0.388 e. The zero-order chi connectivity index (χ0) is 24.7. The molecule has 0 amide bonds. The molecule has 3 saturated carbocycles. The van der Waals surface area contributed by atoms with Crippen LogP contribution in [0.25, 0.3) is 0 Å². The number of rotatable bonds is 6. The summed E-state index contributed by atoms with van der Waals surface area (Å²) >= 11 is 0. The summed E-state index contributed by atoms with van der Waals surface area (Å²) in [7, 11) is 0. The fourth-order valence-corrected chi connectivity index (χ4v) is 7.68. The topological polar surface area (TPSA) is 43.7 Å². The second-order valence-corrected chi connectivity index (χ2v) is 12.2. The lowest BCUT2D eigenvalue weighted by Crippen LogP contribution is -2.37. The van der Waals surface area contributed by atoms with Gasteiger partial charge in [0.25, 0.3) is 0 Å². The van der Waals surface area contributed by atoms with E-state index in [1.807, 2.05) is 0 Å². The molecule has 5 heteroatoms. The van der Waals surface area contributed by atoms with Gasteiger partial charge in [-0.15, -0.1) is 0 Å². The standard InChI is InChI=1S/C29H45F2NO2/c1-19(11-14-32-15-12-23(18-32)29(4,30)31)24-9-10-25-22(6-5-13-28(24,25)3)8-7-21-16-26(33)20(2)27(34)17-21/h7-8,19,23-27,33-34H,2,5-6,9-18H2,1,3-4H3/b22-8+/t19?,23-,24-,25+,26-,27-,28-/m1/s1. The molecule has 1 unspecified atom stereocenters. The van der Waals surface area contributed by atoms with E-state index < -0.39 is 24.0 Å². The molecule has 7 atom stereocenters. The number of allylic oxidation sites excluding steroid dienone is 3. The van der Waals surface area contributed by atoms with E-state index in [0.29, 0.717) is 54.5 Å². The fourth-order valence-electron chi connectivity index (χ4n) is 7.68. The maximum Gasteiger partial charge on any atom is 0.249 e. The molecule has 1 aliphatic heterocycles. The van der Waals surface area contributed by atoms with Gasteiger partial charge < -0.3 is 15.1 Å². The summed E-state index contributed by atoms with van der Waals surface area (Å²) in [6.45, 7) is 12.1. The van der Waals surface area contributed by atoms with Crippen LogP contribution in [0.3, 0.4) is 0 Å². The number of fused-ring (bicyclic) bond motifs is 1. The maximum absolute atomic E-state index is 13.7. The lowest BCUT2D eigenvalue weighted by Gasteiger charge is -2.44. The molecule has 0 aromatic heterocycles. The Balaban J connectivity index is 1.37. The summed E-state index contributed by atoms with van der Waals surface area (Å²) in [4.78, 5) is 2.26. The Bertz CT molecular complexity index is 799. The van der Waals surface area contributed by atoms with Crippen LogP contribution in [0.15, 0.2) is 35.5 Å². The Morgan fingerprint density at radius 1 is 1.18 bits per heavy atom. The molecule has 4 rings (SSSR count). The van der Waals surface area contributed by atoms with E-state index in [1.165, 1.54) is 31.3 Å². The Morgan fingerprint density at radius 2 is 1.88 bits per heavy atom. The van der Waals surface area contributed by atoms with Gasteiger partial charge in [-0.1, -0.05) is 43.7 Å². The highest BCUT2D eigenvalue weighted by molar-refractivity contribution is 5.29. The quantitative estimate of drug-likeness (QED) is 0.452. The van der Waals surface area contributed by atoms with Gasteiger partial charge in [0.1, 0.15) is 0 Å². The minimum atomic E-state index is -2.56. The lowest BCUT2D eigenvalue weighted by molar-refractivity contribution is -0.0353. The van der Waals surface area contributed by atoms with E-state index >= 15 is 0 Å². The van der Waals surface area contributed by atoms with Crippen LogP contribution in [0.5, 0.6) is 0 Å². The van der Waals surface area contributed by atoms with Gasteiger partial charge in [-0.25, -0.2) is 8.78 Å². The van der Waals surface area contributed by atoms with Crippen LogP contribution in [0.1, 0.15) is 78.6 Å². The summed E-state index contributed by atoms with van der Waals surface area (Å²) in [5.41, 5.74) is 3.50.